The predicted molar refractivity (Wildman–Crippen MR) is 100 cm³/mol. The molecule has 1 aromatic carbocycles. The zero-order valence-electron chi connectivity index (χ0n) is 15.2. The van der Waals surface area contributed by atoms with E-state index in [0.29, 0.717) is 37.2 Å². The van der Waals surface area contributed by atoms with Crippen LogP contribution in [-0.2, 0) is 5.41 Å². The third kappa shape index (κ3) is 3.28. The lowest BCUT2D eigenvalue weighted by Gasteiger charge is -2.38. The van der Waals surface area contributed by atoms with E-state index < -0.39 is 5.41 Å². The first kappa shape index (κ1) is 17.9. The molecule has 0 aliphatic carbocycles. The number of aromatic amines is 1. The van der Waals surface area contributed by atoms with E-state index in [-0.39, 0.29) is 17.4 Å². The molecule has 1 aliphatic heterocycles. The molecule has 0 atom stereocenters. The molecule has 1 fully saturated rings. The standard InChI is InChI=1S/C21H23N3O2/c1-15(2)19-17(8-9-18(25)23-19)20(26)24-12-10-21(14-22,11-13-24)16-6-4-3-5-7-16/h3-9,15H,10-13H2,1-2H3,(H,23,25). The second-order valence-electron chi connectivity index (χ2n) is 7.16. The van der Waals surface area contributed by atoms with E-state index in [2.05, 4.69) is 11.1 Å². The van der Waals surface area contributed by atoms with Crippen LogP contribution in [0.5, 0.6) is 0 Å². The Labute approximate surface area is 153 Å². The number of benzene rings is 1. The maximum Gasteiger partial charge on any atom is 0.255 e. The average molecular weight is 349 g/mol. The Morgan fingerprint density at radius 1 is 1.15 bits per heavy atom. The van der Waals surface area contributed by atoms with Crippen molar-refractivity contribution in [2.45, 2.75) is 38.0 Å². The highest BCUT2D eigenvalue weighted by molar-refractivity contribution is 5.95. The zero-order valence-corrected chi connectivity index (χ0v) is 15.2. The van der Waals surface area contributed by atoms with Gasteiger partial charge in [-0.05, 0) is 30.4 Å². The molecule has 2 aromatic rings. The Morgan fingerprint density at radius 3 is 2.38 bits per heavy atom. The number of likely N-dealkylation sites (tertiary alicyclic amines) is 1. The van der Waals surface area contributed by atoms with Crippen molar-refractivity contribution in [3.8, 4) is 6.07 Å². The molecule has 1 amide bonds. The van der Waals surface area contributed by atoms with Gasteiger partial charge in [-0.3, -0.25) is 9.59 Å². The molecule has 0 unspecified atom stereocenters. The summed E-state index contributed by atoms with van der Waals surface area (Å²) in [6.45, 7) is 4.96. The largest absolute Gasteiger partial charge is 0.338 e. The molecule has 1 N–H and O–H groups in total. The zero-order chi connectivity index (χ0) is 18.7. The molecule has 5 nitrogen and oxygen atoms in total. The fraction of sp³-hybridized carbons (Fsp3) is 0.381. The van der Waals surface area contributed by atoms with Gasteiger partial charge in [-0.15, -0.1) is 0 Å². The Balaban J connectivity index is 1.81. The second kappa shape index (κ2) is 7.17. The first-order valence-electron chi connectivity index (χ1n) is 8.96. The number of carbonyl (C=O) groups excluding carboxylic acids is 1. The van der Waals surface area contributed by atoms with E-state index in [1.165, 1.54) is 6.07 Å². The lowest BCUT2D eigenvalue weighted by Crippen LogP contribution is -2.45. The van der Waals surface area contributed by atoms with Crippen molar-refractivity contribution in [1.29, 1.82) is 5.26 Å². The number of hydrogen-bond acceptors (Lipinski definition) is 3. The van der Waals surface area contributed by atoms with Crippen molar-refractivity contribution in [3.63, 3.8) is 0 Å². The molecule has 0 spiro atoms. The Kier molecular flexibility index (Phi) is 4.94. The SMILES string of the molecule is CC(C)c1[nH]c(=O)ccc1C(=O)N1CCC(C#N)(c2ccccc2)CC1. The molecule has 0 radical (unpaired) electrons. The van der Waals surface area contributed by atoms with Crippen LogP contribution >= 0.6 is 0 Å². The second-order valence-corrected chi connectivity index (χ2v) is 7.16. The van der Waals surface area contributed by atoms with Crippen molar-refractivity contribution in [2.75, 3.05) is 13.1 Å². The number of H-pyrrole nitrogens is 1. The van der Waals surface area contributed by atoms with Gasteiger partial charge in [0.15, 0.2) is 0 Å². The molecular weight excluding hydrogens is 326 g/mol. The minimum Gasteiger partial charge on any atom is -0.338 e. The number of amides is 1. The molecule has 1 aromatic heterocycles. The van der Waals surface area contributed by atoms with E-state index in [1.54, 1.807) is 11.0 Å². The fourth-order valence-electron chi connectivity index (χ4n) is 3.62. The van der Waals surface area contributed by atoms with Crippen LogP contribution in [0.2, 0.25) is 0 Å². The minimum absolute atomic E-state index is 0.0511. The topological polar surface area (TPSA) is 77.0 Å². The summed E-state index contributed by atoms with van der Waals surface area (Å²) in [4.78, 5) is 29.2. The van der Waals surface area contributed by atoms with Gasteiger partial charge in [-0.1, -0.05) is 44.2 Å². The number of nitrogens with one attached hydrogen (secondary N) is 1. The Bertz CT molecular complexity index is 885. The van der Waals surface area contributed by atoms with Gasteiger partial charge in [-0.25, -0.2) is 0 Å². The maximum absolute atomic E-state index is 13.0. The lowest BCUT2D eigenvalue weighted by atomic mass is 9.74. The van der Waals surface area contributed by atoms with Gasteiger partial charge in [0, 0.05) is 24.8 Å². The van der Waals surface area contributed by atoms with Crippen LogP contribution in [0.4, 0.5) is 0 Å². The molecule has 0 saturated carbocycles. The smallest absolute Gasteiger partial charge is 0.255 e. The van der Waals surface area contributed by atoms with E-state index in [4.69, 9.17) is 0 Å². The van der Waals surface area contributed by atoms with Crippen molar-refractivity contribution < 1.29 is 4.79 Å². The van der Waals surface area contributed by atoms with Crippen LogP contribution < -0.4 is 5.56 Å². The summed E-state index contributed by atoms with van der Waals surface area (Å²) >= 11 is 0. The van der Waals surface area contributed by atoms with Gasteiger partial charge in [0.05, 0.1) is 17.0 Å². The first-order valence-corrected chi connectivity index (χ1v) is 8.96. The van der Waals surface area contributed by atoms with Gasteiger partial charge in [-0.2, -0.15) is 5.26 Å². The number of rotatable bonds is 3. The highest BCUT2D eigenvalue weighted by Crippen LogP contribution is 2.35. The van der Waals surface area contributed by atoms with Crippen molar-refractivity contribution in [2.24, 2.45) is 0 Å². The predicted octanol–water partition coefficient (Wildman–Crippen LogP) is 3.20. The van der Waals surface area contributed by atoms with Crippen molar-refractivity contribution in [1.82, 2.24) is 9.88 Å². The number of nitriles is 1. The molecule has 2 heterocycles. The van der Waals surface area contributed by atoms with Gasteiger partial charge < -0.3 is 9.88 Å². The highest BCUT2D eigenvalue weighted by atomic mass is 16.2. The van der Waals surface area contributed by atoms with E-state index in [1.807, 2.05) is 44.2 Å². The molecule has 3 rings (SSSR count). The summed E-state index contributed by atoms with van der Waals surface area (Å²) in [5.74, 6) is -0.0280. The van der Waals surface area contributed by atoms with Crippen molar-refractivity contribution in [3.05, 3.63) is 69.6 Å². The maximum atomic E-state index is 13.0. The summed E-state index contributed by atoms with van der Waals surface area (Å²) in [7, 11) is 0. The Hall–Kier alpha value is -2.87. The van der Waals surface area contributed by atoms with Crippen LogP contribution in [-0.4, -0.2) is 28.9 Å². The first-order chi connectivity index (χ1) is 12.5. The number of pyridine rings is 1. The summed E-state index contributed by atoms with van der Waals surface area (Å²) in [5, 5.41) is 9.79. The quantitative estimate of drug-likeness (QED) is 0.924. The molecule has 134 valence electrons. The van der Waals surface area contributed by atoms with Crippen LogP contribution in [0.25, 0.3) is 0 Å². The van der Waals surface area contributed by atoms with Gasteiger partial charge in [0.2, 0.25) is 5.56 Å². The number of nitrogens with zero attached hydrogens (tertiary/aromatic N) is 2. The van der Waals surface area contributed by atoms with Crippen LogP contribution in [0.3, 0.4) is 0 Å². The third-order valence-corrected chi connectivity index (χ3v) is 5.20. The number of hydrogen-bond donors (Lipinski definition) is 1. The third-order valence-electron chi connectivity index (χ3n) is 5.20. The molecule has 1 aliphatic rings. The van der Waals surface area contributed by atoms with E-state index >= 15 is 0 Å². The molecule has 1 saturated heterocycles. The van der Waals surface area contributed by atoms with Crippen molar-refractivity contribution >= 4 is 5.91 Å². The average Bonchev–Trinajstić information content (AvgIpc) is 2.68. The van der Waals surface area contributed by atoms with Gasteiger partial charge >= 0.3 is 0 Å². The van der Waals surface area contributed by atoms with E-state index in [0.717, 1.165) is 5.56 Å². The molecular formula is C21H23N3O2. The fourth-order valence-corrected chi connectivity index (χ4v) is 3.62. The summed E-state index contributed by atoms with van der Waals surface area (Å²) < 4.78 is 0. The summed E-state index contributed by atoms with van der Waals surface area (Å²) in [5.41, 5.74) is 1.49. The number of piperidine rings is 1. The van der Waals surface area contributed by atoms with Crippen LogP contribution in [0.15, 0.2) is 47.3 Å². The normalized spacial score (nSPS) is 16.3. The summed E-state index contributed by atoms with van der Waals surface area (Å²) in [6, 6.07) is 15.3. The lowest BCUT2D eigenvalue weighted by molar-refractivity contribution is 0.0689. The summed E-state index contributed by atoms with van der Waals surface area (Å²) in [6.07, 6.45) is 1.22. The van der Waals surface area contributed by atoms with Gasteiger partial charge in [0.1, 0.15) is 0 Å². The molecule has 26 heavy (non-hydrogen) atoms. The monoisotopic (exact) mass is 349 g/mol. The molecule has 5 heteroatoms. The number of aromatic nitrogens is 1. The minimum atomic E-state index is -0.538. The van der Waals surface area contributed by atoms with E-state index in [9.17, 15) is 14.9 Å². The highest BCUT2D eigenvalue weighted by Gasteiger charge is 2.38. The molecule has 0 bridgehead atoms. The van der Waals surface area contributed by atoms with Crippen LogP contribution in [0, 0.1) is 11.3 Å². The van der Waals surface area contributed by atoms with Crippen LogP contribution in [0.1, 0.15) is 54.2 Å². The number of carbonyl (C=O) groups is 1. The Morgan fingerprint density at radius 2 is 1.81 bits per heavy atom. The van der Waals surface area contributed by atoms with Gasteiger partial charge in [0.25, 0.3) is 5.91 Å².